The monoisotopic (exact) mass is 390 g/mol. The Balaban J connectivity index is 1.75. The van der Waals surface area contributed by atoms with Crippen LogP contribution in [-0.4, -0.2) is 0 Å². The highest BCUT2D eigenvalue weighted by Crippen LogP contribution is 2.41. The SMILES string of the molecule is CC1=C(/C=C/C(C)=C(\F)c2ccc(Oc3ccc(C)cc3)cc2)C(C)(C)CCC1. The normalized spacial score (nSPS) is 17.4. The van der Waals surface area contributed by atoms with Crippen LogP contribution in [0.3, 0.4) is 0 Å². The molecular formula is C27H31FO. The molecule has 0 amide bonds. The first-order valence-electron chi connectivity index (χ1n) is 10.4. The maximum absolute atomic E-state index is 14.9. The lowest BCUT2D eigenvalue weighted by Crippen LogP contribution is -2.19. The molecule has 0 aromatic heterocycles. The van der Waals surface area contributed by atoms with Gasteiger partial charge in [-0.05, 0) is 93.0 Å². The zero-order valence-electron chi connectivity index (χ0n) is 18.2. The second kappa shape index (κ2) is 8.82. The van der Waals surface area contributed by atoms with Crippen molar-refractivity contribution in [2.75, 3.05) is 0 Å². The Morgan fingerprint density at radius 3 is 2.14 bits per heavy atom. The maximum atomic E-state index is 14.9. The molecule has 0 aliphatic heterocycles. The molecule has 0 heterocycles. The summed E-state index contributed by atoms with van der Waals surface area (Å²) in [6, 6.07) is 15.0. The Kier molecular flexibility index (Phi) is 6.42. The summed E-state index contributed by atoms with van der Waals surface area (Å²) in [6.07, 6.45) is 7.57. The molecule has 0 fully saturated rings. The maximum Gasteiger partial charge on any atom is 0.133 e. The van der Waals surface area contributed by atoms with Gasteiger partial charge in [-0.2, -0.15) is 0 Å². The molecule has 0 atom stereocenters. The van der Waals surface area contributed by atoms with Crippen molar-refractivity contribution in [1.29, 1.82) is 0 Å². The fraction of sp³-hybridized carbons (Fsp3) is 0.333. The fourth-order valence-electron chi connectivity index (χ4n) is 3.93. The van der Waals surface area contributed by atoms with Crippen LogP contribution in [0, 0.1) is 12.3 Å². The van der Waals surface area contributed by atoms with Crippen LogP contribution in [0.1, 0.15) is 58.1 Å². The van der Waals surface area contributed by atoms with Crippen LogP contribution in [0.4, 0.5) is 4.39 Å². The minimum Gasteiger partial charge on any atom is -0.457 e. The average molecular weight is 391 g/mol. The van der Waals surface area contributed by atoms with Crippen molar-refractivity contribution in [1.82, 2.24) is 0 Å². The van der Waals surface area contributed by atoms with Crippen molar-refractivity contribution in [2.45, 2.75) is 53.9 Å². The van der Waals surface area contributed by atoms with Crippen LogP contribution in [0.15, 0.2) is 77.4 Å². The summed E-state index contributed by atoms with van der Waals surface area (Å²) in [6.45, 7) is 10.6. The van der Waals surface area contributed by atoms with Gasteiger partial charge in [-0.15, -0.1) is 0 Å². The Labute approximate surface area is 174 Å². The van der Waals surface area contributed by atoms with Gasteiger partial charge in [0, 0.05) is 5.56 Å². The van der Waals surface area contributed by atoms with Gasteiger partial charge in [-0.3, -0.25) is 0 Å². The second-order valence-corrected chi connectivity index (χ2v) is 8.70. The van der Waals surface area contributed by atoms with E-state index in [1.165, 1.54) is 29.6 Å². The van der Waals surface area contributed by atoms with Crippen molar-refractivity contribution in [3.05, 3.63) is 88.5 Å². The minimum absolute atomic E-state index is 0.157. The van der Waals surface area contributed by atoms with Gasteiger partial charge < -0.3 is 4.74 Å². The molecule has 1 nitrogen and oxygen atoms in total. The molecule has 3 rings (SSSR count). The summed E-state index contributed by atoms with van der Waals surface area (Å²) in [5, 5.41) is 0. The molecule has 0 N–H and O–H groups in total. The first-order chi connectivity index (χ1) is 13.8. The molecule has 152 valence electrons. The standard InChI is InChI=1S/C27H31FO/c1-19-8-13-23(14-9-19)29-24-15-11-22(12-16-24)26(28)21(3)10-17-25-20(2)7-6-18-27(25,4)5/h8-17H,6-7,18H2,1-5H3/b17-10+,26-21-. The molecule has 2 heteroatoms. The summed E-state index contributed by atoms with van der Waals surface area (Å²) in [4.78, 5) is 0. The van der Waals surface area contributed by atoms with Crippen LogP contribution >= 0.6 is 0 Å². The summed E-state index contributed by atoms with van der Waals surface area (Å²) >= 11 is 0. The third-order valence-corrected chi connectivity index (χ3v) is 5.75. The summed E-state index contributed by atoms with van der Waals surface area (Å²) in [7, 11) is 0. The van der Waals surface area contributed by atoms with E-state index in [4.69, 9.17) is 4.74 Å². The highest BCUT2D eigenvalue weighted by atomic mass is 19.1. The number of hydrogen-bond acceptors (Lipinski definition) is 1. The minimum atomic E-state index is -0.199. The van der Waals surface area contributed by atoms with Crippen LogP contribution in [-0.2, 0) is 0 Å². The van der Waals surface area contributed by atoms with Gasteiger partial charge in [0.15, 0.2) is 0 Å². The van der Waals surface area contributed by atoms with Gasteiger partial charge in [0.25, 0.3) is 0 Å². The molecule has 0 spiro atoms. The summed E-state index contributed by atoms with van der Waals surface area (Å²) in [5.74, 6) is 1.27. The van der Waals surface area contributed by atoms with E-state index in [1.54, 1.807) is 12.1 Å². The van der Waals surface area contributed by atoms with E-state index < -0.39 is 0 Å². The molecule has 0 saturated heterocycles. The van der Waals surface area contributed by atoms with Gasteiger partial charge >= 0.3 is 0 Å². The molecule has 0 unspecified atom stereocenters. The van der Waals surface area contributed by atoms with E-state index in [9.17, 15) is 4.39 Å². The lowest BCUT2D eigenvalue weighted by atomic mass is 9.72. The summed E-state index contributed by atoms with van der Waals surface area (Å²) < 4.78 is 20.8. The predicted octanol–water partition coefficient (Wildman–Crippen LogP) is 8.57. The predicted molar refractivity (Wildman–Crippen MR) is 121 cm³/mol. The van der Waals surface area contributed by atoms with Crippen LogP contribution in [0.2, 0.25) is 0 Å². The zero-order chi connectivity index (χ0) is 21.0. The van der Waals surface area contributed by atoms with Crippen LogP contribution in [0.5, 0.6) is 11.5 Å². The topological polar surface area (TPSA) is 9.23 Å². The van der Waals surface area contributed by atoms with Gasteiger partial charge in [0.2, 0.25) is 0 Å². The molecule has 0 radical (unpaired) electrons. The molecule has 2 aromatic rings. The number of ether oxygens (including phenoxy) is 1. The smallest absolute Gasteiger partial charge is 0.133 e. The Morgan fingerprint density at radius 2 is 1.55 bits per heavy atom. The lowest BCUT2D eigenvalue weighted by molar-refractivity contribution is 0.377. The first-order valence-corrected chi connectivity index (χ1v) is 10.4. The molecular weight excluding hydrogens is 359 g/mol. The highest BCUT2D eigenvalue weighted by Gasteiger charge is 2.26. The van der Waals surface area contributed by atoms with Crippen molar-refractivity contribution in [3.8, 4) is 11.5 Å². The largest absolute Gasteiger partial charge is 0.457 e. The quantitative estimate of drug-likeness (QED) is 0.465. The van der Waals surface area contributed by atoms with E-state index in [1.807, 2.05) is 56.3 Å². The average Bonchev–Trinajstić information content (AvgIpc) is 2.69. The second-order valence-electron chi connectivity index (χ2n) is 8.70. The van der Waals surface area contributed by atoms with Crippen molar-refractivity contribution >= 4 is 5.83 Å². The lowest BCUT2D eigenvalue weighted by Gasteiger charge is -2.33. The fourth-order valence-corrected chi connectivity index (χ4v) is 3.93. The zero-order valence-corrected chi connectivity index (χ0v) is 18.2. The van der Waals surface area contributed by atoms with Crippen LogP contribution in [0.25, 0.3) is 5.83 Å². The Bertz CT molecular complexity index is 941. The van der Waals surface area contributed by atoms with E-state index >= 15 is 0 Å². The van der Waals surface area contributed by atoms with Gasteiger partial charge in [0.05, 0.1) is 0 Å². The van der Waals surface area contributed by atoms with E-state index in [-0.39, 0.29) is 11.2 Å². The number of aryl methyl sites for hydroxylation is 1. The molecule has 2 aromatic carbocycles. The number of allylic oxidation sites excluding steroid dienone is 5. The Morgan fingerprint density at radius 1 is 0.966 bits per heavy atom. The number of halogens is 1. The highest BCUT2D eigenvalue weighted by molar-refractivity contribution is 5.65. The van der Waals surface area contributed by atoms with Gasteiger partial charge in [-0.25, -0.2) is 4.39 Å². The molecule has 0 saturated carbocycles. The molecule has 1 aliphatic rings. The van der Waals surface area contributed by atoms with Crippen molar-refractivity contribution in [2.24, 2.45) is 5.41 Å². The molecule has 1 aliphatic carbocycles. The van der Waals surface area contributed by atoms with Gasteiger partial charge in [-0.1, -0.05) is 49.3 Å². The van der Waals surface area contributed by atoms with E-state index in [0.29, 0.717) is 16.9 Å². The first kappa shape index (κ1) is 21.1. The van der Waals surface area contributed by atoms with Gasteiger partial charge in [0.1, 0.15) is 17.3 Å². The van der Waals surface area contributed by atoms with Crippen LogP contribution < -0.4 is 4.74 Å². The van der Waals surface area contributed by atoms with Crippen molar-refractivity contribution < 1.29 is 9.13 Å². The Hall–Kier alpha value is -2.61. The third-order valence-electron chi connectivity index (χ3n) is 5.75. The summed E-state index contributed by atoms with van der Waals surface area (Å²) in [5.41, 5.74) is 5.31. The third kappa shape index (κ3) is 5.26. The molecule has 0 bridgehead atoms. The van der Waals surface area contributed by atoms with E-state index in [0.717, 1.165) is 12.2 Å². The van der Waals surface area contributed by atoms with E-state index in [2.05, 4.69) is 26.8 Å². The molecule has 29 heavy (non-hydrogen) atoms. The number of benzene rings is 2. The number of rotatable bonds is 5. The van der Waals surface area contributed by atoms with Crippen molar-refractivity contribution in [3.63, 3.8) is 0 Å². The number of hydrogen-bond donors (Lipinski definition) is 0.